The monoisotopic (exact) mass is 668 g/mol. The Labute approximate surface area is 273 Å². The number of hydrogen-bond donors (Lipinski definition) is 1. The zero-order valence-corrected chi connectivity index (χ0v) is 27.6. The molecule has 0 aromatic heterocycles. The Kier molecular flexibility index (Phi) is 25.6. The second-order valence-corrected chi connectivity index (χ2v) is 12.0. The zero-order chi connectivity index (χ0) is 28.1. The van der Waals surface area contributed by atoms with E-state index in [2.05, 4.69) is 43.2 Å². The first kappa shape index (κ1) is 43.8. The second kappa shape index (κ2) is 23.9. The Hall–Kier alpha value is 0.639. The van der Waals surface area contributed by atoms with E-state index in [1.807, 2.05) is 0 Å². The SMILES string of the molecule is C.[CH2-][C@@H](C)CN1CCN(CC(O)CN2CCN(C[C@H](C)[O-])CCN(C[C@H](C)[O-])CC2)CCN(C[C@H](C)[O-])CC1.[Fe+6].[Fe+6]. The molecular weight excluding hydrogens is 608 g/mol. The van der Waals surface area contributed by atoms with E-state index in [-0.39, 0.29) is 41.6 Å². The topological polar surface area (TPSA) is 109 Å². The summed E-state index contributed by atoms with van der Waals surface area (Å²) in [6.45, 7) is 25.2. The van der Waals surface area contributed by atoms with Crippen molar-refractivity contribution >= 4 is 0 Å². The molecule has 5 atom stereocenters. The summed E-state index contributed by atoms with van der Waals surface area (Å²) < 4.78 is 0. The number of nitrogens with zero attached hydrogens (tertiary/aromatic N) is 6. The van der Waals surface area contributed by atoms with Gasteiger partial charge in [0.25, 0.3) is 0 Å². The Balaban J connectivity index is 0. The van der Waals surface area contributed by atoms with Crippen LogP contribution >= 0.6 is 0 Å². The number of aliphatic hydroxyl groups excluding tert-OH is 1. The second-order valence-electron chi connectivity index (χ2n) is 12.0. The molecule has 0 saturated carbocycles. The van der Waals surface area contributed by atoms with Crippen molar-refractivity contribution in [2.24, 2.45) is 5.92 Å². The molecule has 0 radical (unpaired) electrons. The predicted molar refractivity (Wildman–Crippen MR) is 154 cm³/mol. The molecule has 0 aromatic carbocycles. The molecule has 10 nitrogen and oxygen atoms in total. The Morgan fingerprint density at radius 1 is 0.488 bits per heavy atom. The van der Waals surface area contributed by atoms with Crippen molar-refractivity contribution in [3.8, 4) is 0 Å². The van der Waals surface area contributed by atoms with Crippen LogP contribution in [0.25, 0.3) is 0 Å². The maximum Gasteiger partial charge on any atom is 6.00 e. The normalized spacial score (nSPS) is 23.9. The molecule has 0 aromatic rings. The summed E-state index contributed by atoms with van der Waals surface area (Å²) in [6.07, 6.45) is -2.40. The average Bonchev–Trinajstić information content (AvgIpc) is 2.94. The minimum absolute atomic E-state index is 0. The van der Waals surface area contributed by atoms with Crippen molar-refractivity contribution in [1.29, 1.82) is 0 Å². The van der Waals surface area contributed by atoms with Crippen LogP contribution in [0, 0.1) is 12.8 Å². The van der Waals surface area contributed by atoms with Crippen LogP contribution in [0.3, 0.4) is 0 Å². The molecule has 2 rings (SSSR count). The molecule has 0 aliphatic carbocycles. The van der Waals surface area contributed by atoms with Gasteiger partial charge in [-0.2, -0.15) is 5.92 Å². The first-order chi connectivity index (χ1) is 18.0. The minimum atomic E-state index is -0.645. The van der Waals surface area contributed by atoms with Crippen molar-refractivity contribution in [2.45, 2.75) is 59.5 Å². The summed E-state index contributed by atoms with van der Waals surface area (Å²) in [5, 5.41) is 46.8. The van der Waals surface area contributed by atoms with Crippen molar-refractivity contribution in [2.75, 3.05) is 118 Å². The van der Waals surface area contributed by atoms with Crippen LogP contribution in [0.15, 0.2) is 0 Å². The number of hydrogen-bond acceptors (Lipinski definition) is 10. The summed E-state index contributed by atoms with van der Waals surface area (Å²) in [6, 6.07) is 0. The van der Waals surface area contributed by atoms with E-state index in [4.69, 9.17) is 0 Å². The van der Waals surface area contributed by atoms with Gasteiger partial charge in [0.1, 0.15) is 0 Å². The Morgan fingerprint density at radius 2 is 0.683 bits per heavy atom. The first-order valence-electron chi connectivity index (χ1n) is 14.8. The third kappa shape index (κ3) is 20.3. The summed E-state index contributed by atoms with van der Waals surface area (Å²) in [7, 11) is 0. The van der Waals surface area contributed by atoms with Crippen molar-refractivity contribution in [3.63, 3.8) is 0 Å². The Bertz CT molecular complexity index is 530. The van der Waals surface area contributed by atoms with E-state index in [1.165, 1.54) is 0 Å². The summed E-state index contributed by atoms with van der Waals surface area (Å²) in [5.74, 6) is 0.339. The van der Waals surface area contributed by atoms with Crippen LogP contribution in [0.2, 0.25) is 0 Å². The number of rotatable bonds is 12. The van der Waals surface area contributed by atoms with Gasteiger partial charge in [0, 0.05) is 91.6 Å². The van der Waals surface area contributed by atoms with Gasteiger partial charge in [-0.15, -0.1) is 18.3 Å². The molecule has 41 heavy (non-hydrogen) atoms. The largest absolute Gasteiger partial charge is 6.00 e. The maximum absolute atomic E-state index is 11.9. The van der Waals surface area contributed by atoms with Gasteiger partial charge in [-0.3, -0.25) is 9.80 Å². The summed E-state index contributed by atoms with van der Waals surface area (Å²) in [4.78, 5) is 13.7. The third-order valence-electron chi connectivity index (χ3n) is 7.45. The molecule has 1 N–H and O–H groups in total. The van der Waals surface area contributed by atoms with E-state index >= 15 is 0 Å². The van der Waals surface area contributed by atoms with E-state index < -0.39 is 24.4 Å². The molecule has 0 spiro atoms. The van der Waals surface area contributed by atoms with E-state index in [0.29, 0.717) is 38.6 Å². The maximum atomic E-state index is 11.9. The average molecular weight is 669 g/mol. The van der Waals surface area contributed by atoms with E-state index in [0.717, 1.165) is 85.1 Å². The molecule has 2 fully saturated rings. The fraction of sp³-hybridized carbons (Fsp3) is 0.966. The summed E-state index contributed by atoms with van der Waals surface area (Å²) >= 11 is 0. The van der Waals surface area contributed by atoms with Gasteiger partial charge in [0.15, 0.2) is 0 Å². The first-order valence-corrected chi connectivity index (χ1v) is 14.8. The molecule has 2 heterocycles. The van der Waals surface area contributed by atoms with Crippen molar-refractivity contribution in [3.05, 3.63) is 6.92 Å². The van der Waals surface area contributed by atoms with Crippen LogP contribution in [0.4, 0.5) is 0 Å². The van der Waals surface area contributed by atoms with Gasteiger partial charge in [-0.25, -0.2) is 0 Å². The fourth-order valence-electron chi connectivity index (χ4n) is 5.65. The molecule has 0 amide bonds. The van der Waals surface area contributed by atoms with Crippen molar-refractivity contribution in [1.82, 2.24) is 29.4 Å². The van der Waals surface area contributed by atoms with Gasteiger partial charge < -0.3 is 46.9 Å². The van der Waals surface area contributed by atoms with Gasteiger partial charge in [-0.1, -0.05) is 35.1 Å². The molecule has 2 aliphatic rings. The fourth-order valence-corrected chi connectivity index (χ4v) is 5.65. The molecule has 1 unspecified atom stereocenters. The van der Waals surface area contributed by atoms with Gasteiger partial charge >= 0.3 is 34.1 Å². The number of β-amino-alcohol motifs (C(OH)–C–C–N with tert-alkyl or cyclic N) is 1. The van der Waals surface area contributed by atoms with E-state index in [1.54, 1.807) is 20.8 Å². The molecule has 238 valence electrons. The quantitative estimate of drug-likeness (QED) is 0.178. The molecule has 12 heteroatoms. The minimum Gasteiger partial charge on any atom is -0.851 e. The molecule has 0 bridgehead atoms. The van der Waals surface area contributed by atoms with Crippen LogP contribution < -0.4 is 15.3 Å². The van der Waals surface area contributed by atoms with Gasteiger partial charge in [-0.05, 0) is 26.2 Å². The molecular formula is C29H60Fe2N6O4+8. The van der Waals surface area contributed by atoms with Crippen LogP contribution in [0.1, 0.15) is 35.1 Å². The smallest absolute Gasteiger partial charge is 0.851 e. The molecule has 2 aliphatic heterocycles. The zero-order valence-electron chi connectivity index (χ0n) is 25.4. The standard InChI is InChI=1S/C28H56N6O4.CH4.2Fe/c1-24(2)18-29-6-8-30(19-25(3)35)11-15-33(14-7-29)22-28(38)23-34-16-12-31(20-26(4)36)9-10-32(13-17-34)21-27(5)37;;;/h24-28,38H,1,6-23H2,2-5H3;1H4;;/q-4;;2*+6/t24-,25-,26-,27-,28?;;;/m0.../s1. The summed E-state index contributed by atoms with van der Waals surface area (Å²) in [5.41, 5.74) is 0. The van der Waals surface area contributed by atoms with Gasteiger partial charge in [0.05, 0.1) is 6.10 Å². The van der Waals surface area contributed by atoms with Gasteiger partial charge in [0.2, 0.25) is 0 Å². The van der Waals surface area contributed by atoms with Crippen LogP contribution in [0.5, 0.6) is 0 Å². The predicted octanol–water partition coefficient (Wildman–Crippen LogP) is -2.47. The molecule has 2 saturated heterocycles. The van der Waals surface area contributed by atoms with E-state index in [9.17, 15) is 20.4 Å². The van der Waals surface area contributed by atoms with Crippen LogP contribution in [-0.2, 0) is 34.1 Å². The van der Waals surface area contributed by atoms with Crippen LogP contribution in [-0.4, -0.2) is 177 Å². The Morgan fingerprint density at radius 3 is 0.878 bits per heavy atom. The van der Waals surface area contributed by atoms with Crippen molar-refractivity contribution < 1.29 is 54.6 Å². The third-order valence-corrected chi connectivity index (χ3v) is 7.45. The number of aliphatic hydroxyl groups is 1.